The van der Waals surface area contributed by atoms with Crippen LogP contribution in [0, 0.1) is 0 Å². The third-order valence-corrected chi connectivity index (χ3v) is 2.92. The van der Waals surface area contributed by atoms with Crippen LogP contribution in [0.15, 0.2) is 30.3 Å². The molecule has 1 saturated heterocycles. The van der Waals surface area contributed by atoms with Gasteiger partial charge in [0.15, 0.2) is 0 Å². The molecule has 4 nitrogen and oxygen atoms in total. The number of para-hydroxylation sites is 1. The van der Waals surface area contributed by atoms with Crippen molar-refractivity contribution in [1.82, 2.24) is 5.32 Å². The van der Waals surface area contributed by atoms with Gasteiger partial charge in [0.25, 0.3) is 0 Å². The summed E-state index contributed by atoms with van der Waals surface area (Å²) in [5.74, 6) is -0.286. The molecule has 1 aromatic carbocycles. The predicted molar refractivity (Wildman–Crippen MR) is 66.1 cm³/mol. The predicted octanol–water partition coefficient (Wildman–Crippen LogP) is 1.15. The number of nitrogens with one attached hydrogen (secondary N) is 1. The van der Waals surface area contributed by atoms with Crippen LogP contribution in [0.25, 0.3) is 0 Å². The molecule has 1 atom stereocenters. The van der Waals surface area contributed by atoms with E-state index in [1.165, 1.54) is 0 Å². The van der Waals surface area contributed by atoms with Crippen molar-refractivity contribution in [3.8, 4) is 0 Å². The third-order valence-electron chi connectivity index (χ3n) is 2.68. The molecule has 1 fully saturated rings. The summed E-state index contributed by atoms with van der Waals surface area (Å²) < 4.78 is 0. The normalized spacial score (nSPS) is 19.5. The van der Waals surface area contributed by atoms with Crippen LogP contribution in [0.1, 0.15) is 6.42 Å². The van der Waals surface area contributed by atoms with Crippen molar-refractivity contribution in [3.63, 3.8) is 0 Å². The average Bonchev–Trinajstić information content (AvgIpc) is 2.71. The maximum atomic E-state index is 11.8. The van der Waals surface area contributed by atoms with Gasteiger partial charge >= 0.3 is 0 Å². The Morgan fingerprint density at radius 1 is 1.41 bits per heavy atom. The van der Waals surface area contributed by atoms with Crippen LogP contribution in [0.3, 0.4) is 0 Å². The van der Waals surface area contributed by atoms with Crippen LogP contribution in [-0.4, -0.2) is 30.3 Å². The summed E-state index contributed by atoms with van der Waals surface area (Å²) >= 11 is 5.41. The number of hydrogen-bond donors (Lipinski definition) is 1. The zero-order chi connectivity index (χ0) is 12.3. The molecule has 0 bridgehead atoms. The fourth-order valence-electron chi connectivity index (χ4n) is 1.93. The second-order valence-corrected chi connectivity index (χ2v) is 4.21. The highest BCUT2D eigenvalue weighted by Gasteiger charge is 2.31. The summed E-state index contributed by atoms with van der Waals surface area (Å²) in [6, 6.07) is 9.28. The van der Waals surface area contributed by atoms with E-state index in [1.54, 1.807) is 4.90 Å². The number of halogens is 1. The molecule has 5 heteroatoms. The van der Waals surface area contributed by atoms with Gasteiger partial charge in [0.1, 0.15) is 5.88 Å². The Labute approximate surface area is 105 Å². The molecule has 17 heavy (non-hydrogen) atoms. The van der Waals surface area contributed by atoms with Gasteiger partial charge in [-0.15, -0.1) is 11.6 Å². The lowest BCUT2D eigenvalue weighted by Gasteiger charge is -2.16. The summed E-state index contributed by atoms with van der Waals surface area (Å²) in [6.45, 7) is 0.505. The summed E-state index contributed by atoms with van der Waals surface area (Å²) in [5, 5.41) is 2.73. The van der Waals surface area contributed by atoms with Gasteiger partial charge in [-0.05, 0) is 12.1 Å². The van der Waals surface area contributed by atoms with E-state index in [1.807, 2.05) is 30.3 Å². The first kappa shape index (κ1) is 11.9. The van der Waals surface area contributed by atoms with Crippen LogP contribution in [0.4, 0.5) is 5.69 Å². The Kier molecular flexibility index (Phi) is 3.64. The summed E-state index contributed by atoms with van der Waals surface area (Å²) in [6.07, 6.45) is 0.331. The fraction of sp³-hybridized carbons (Fsp3) is 0.333. The largest absolute Gasteiger partial charge is 0.350 e. The van der Waals surface area contributed by atoms with Gasteiger partial charge in [0, 0.05) is 18.7 Å². The monoisotopic (exact) mass is 252 g/mol. The summed E-state index contributed by atoms with van der Waals surface area (Å²) in [5.41, 5.74) is 0.861. The lowest BCUT2D eigenvalue weighted by Crippen LogP contribution is -2.37. The van der Waals surface area contributed by atoms with E-state index in [0.717, 1.165) is 5.69 Å². The third kappa shape index (κ3) is 2.77. The Morgan fingerprint density at radius 3 is 2.76 bits per heavy atom. The first-order valence-electron chi connectivity index (χ1n) is 5.41. The Balaban J connectivity index is 2.03. The molecular weight excluding hydrogens is 240 g/mol. The number of carbonyl (C=O) groups excluding carboxylic acids is 2. The smallest absolute Gasteiger partial charge is 0.235 e. The van der Waals surface area contributed by atoms with Gasteiger partial charge in [-0.3, -0.25) is 9.59 Å². The molecule has 2 amide bonds. The minimum absolute atomic E-state index is 0.0241. The van der Waals surface area contributed by atoms with Crippen molar-refractivity contribution in [1.29, 1.82) is 0 Å². The SMILES string of the molecule is O=C(CCl)NC1CC(=O)N(c2ccccc2)C1. The molecular formula is C12H13ClN2O2. The van der Waals surface area contributed by atoms with E-state index < -0.39 is 0 Å². The Morgan fingerprint density at radius 2 is 2.12 bits per heavy atom. The molecule has 2 rings (SSSR count). The number of rotatable bonds is 3. The molecule has 0 spiro atoms. The highest BCUT2D eigenvalue weighted by molar-refractivity contribution is 6.27. The maximum absolute atomic E-state index is 11.8. The molecule has 0 saturated carbocycles. The molecule has 1 heterocycles. The maximum Gasteiger partial charge on any atom is 0.235 e. The van der Waals surface area contributed by atoms with Crippen molar-refractivity contribution >= 4 is 29.1 Å². The highest BCUT2D eigenvalue weighted by atomic mass is 35.5. The van der Waals surface area contributed by atoms with E-state index in [9.17, 15) is 9.59 Å². The first-order valence-corrected chi connectivity index (χ1v) is 5.95. The lowest BCUT2D eigenvalue weighted by atomic mass is 10.2. The van der Waals surface area contributed by atoms with Crippen LogP contribution in [0.5, 0.6) is 0 Å². The summed E-state index contributed by atoms with van der Waals surface area (Å²) in [7, 11) is 0. The highest BCUT2D eigenvalue weighted by Crippen LogP contribution is 2.20. The quantitative estimate of drug-likeness (QED) is 0.821. The fourth-order valence-corrected chi connectivity index (χ4v) is 2.01. The van der Waals surface area contributed by atoms with Gasteiger partial charge in [-0.25, -0.2) is 0 Å². The van der Waals surface area contributed by atoms with Gasteiger partial charge in [0.2, 0.25) is 11.8 Å². The number of nitrogens with zero attached hydrogens (tertiary/aromatic N) is 1. The van der Waals surface area contributed by atoms with Crippen LogP contribution >= 0.6 is 11.6 Å². The van der Waals surface area contributed by atoms with Gasteiger partial charge in [-0.1, -0.05) is 18.2 Å². The lowest BCUT2D eigenvalue weighted by molar-refractivity contribution is -0.119. The van der Waals surface area contributed by atoms with Crippen molar-refractivity contribution in [2.45, 2.75) is 12.5 Å². The molecule has 1 N–H and O–H groups in total. The Hall–Kier alpha value is -1.55. The van der Waals surface area contributed by atoms with Crippen molar-refractivity contribution < 1.29 is 9.59 Å². The molecule has 1 aliphatic rings. The summed E-state index contributed by atoms with van der Waals surface area (Å²) in [4.78, 5) is 24.6. The molecule has 0 aromatic heterocycles. The Bertz CT molecular complexity index is 422. The van der Waals surface area contributed by atoms with E-state index in [2.05, 4.69) is 5.32 Å². The molecule has 90 valence electrons. The first-order chi connectivity index (χ1) is 8.20. The molecule has 1 aliphatic heterocycles. The number of benzene rings is 1. The second-order valence-electron chi connectivity index (χ2n) is 3.94. The average molecular weight is 253 g/mol. The number of carbonyl (C=O) groups is 2. The van der Waals surface area contributed by atoms with Crippen molar-refractivity contribution in [2.75, 3.05) is 17.3 Å². The van der Waals surface area contributed by atoms with Gasteiger partial charge in [0.05, 0.1) is 6.04 Å². The molecule has 1 unspecified atom stereocenters. The number of alkyl halides is 1. The van der Waals surface area contributed by atoms with E-state index in [0.29, 0.717) is 13.0 Å². The van der Waals surface area contributed by atoms with Crippen molar-refractivity contribution in [3.05, 3.63) is 30.3 Å². The molecule has 0 aliphatic carbocycles. The minimum Gasteiger partial charge on any atom is -0.350 e. The van der Waals surface area contributed by atoms with E-state index in [-0.39, 0.29) is 23.7 Å². The standard InChI is InChI=1S/C12H13ClN2O2/c13-7-11(16)14-9-6-12(17)15(8-9)10-4-2-1-3-5-10/h1-5,9H,6-8H2,(H,14,16). The van der Waals surface area contributed by atoms with Gasteiger partial charge in [-0.2, -0.15) is 0 Å². The number of hydrogen-bond acceptors (Lipinski definition) is 2. The van der Waals surface area contributed by atoms with E-state index >= 15 is 0 Å². The zero-order valence-corrected chi connectivity index (χ0v) is 9.98. The minimum atomic E-state index is -0.237. The topological polar surface area (TPSA) is 49.4 Å². The van der Waals surface area contributed by atoms with Crippen molar-refractivity contribution in [2.24, 2.45) is 0 Å². The molecule has 0 radical (unpaired) electrons. The second kappa shape index (κ2) is 5.19. The van der Waals surface area contributed by atoms with Crippen LogP contribution < -0.4 is 10.2 Å². The van der Waals surface area contributed by atoms with E-state index in [4.69, 9.17) is 11.6 Å². The zero-order valence-electron chi connectivity index (χ0n) is 9.23. The molecule has 1 aromatic rings. The number of amides is 2. The van der Waals surface area contributed by atoms with Crippen LogP contribution in [-0.2, 0) is 9.59 Å². The van der Waals surface area contributed by atoms with Crippen LogP contribution in [0.2, 0.25) is 0 Å². The van der Waals surface area contributed by atoms with Gasteiger partial charge < -0.3 is 10.2 Å². The number of anilines is 1.